The molecule has 0 saturated carbocycles. The number of nitrogens with zero attached hydrogens (tertiary/aromatic N) is 4. The van der Waals surface area contributed by atoms with Crippen LogP contribution in [0.3, 0.4) is 0 Å². The SMILES string of the molecule is CCCCCCc1cc(C)sc1-c1nnc(-c2sc(-c3cc4c(s3)-c3sc(C)cc3C4(CC(CC)CCCC)CC(CC)CCCC)cc2CCCCCC)nn1. The van der Waals surface area contributed by atoms with Crippen molar-refractivity contribution in [2.75, 3.05) is 0 Å². The molecule has 0 radical (unpaired) electrons. The minimum Gasteiger partial charge on any atom is -0.139 e. The highest BCUT2D eigenvalue weighted by molar-refractivity contribution is 7.27. The zero-order chi connectivity index (χ0) is 40.4. The number of rotatable bonds is 25. The van der Waals surface area contributed by atoms with Crippen LogP contribution < -0.4 is 0 Å². The van der Waals surface area contributed by atoms with Crippen molar-refractivity contribution in [3.8, 4) is 40.9 Å². The third-order valence-corrected chi connectivity index (χ3v) is 17.5. The van der Waals surface area contributed by atoms with Crippen LogP contribution in [0.15, 0.2) is 24.3 Å². The summed E-state index contributed by atoms with van der Waals surface area (Å²) in [7, 11) is 0. The zero-order valence-corrected chi connectivity index (χ0v) is 39.8. The number of hydrogen-bond acceptors (Lipinski definition) is 8. The number of aromatic nitrogens is 4. The van der Waals surface area contributed by atoms with Gasteiger partial charge in [0, 0.05) is 34.7 Å². The minimum atomic E-state index is 0.0951. The largest absolute Gasteiger partial charge is 0.213 e. The summed E-state index contributed by atoms with van der Waals surface area (Å²) >= 11 is 7.74. The Morgan fingerprint density at radius 1 is 0.474 bits per heavy atom. The van der Waals surface area contributed by atoms with E-state index < -0.39 is 0 Å². The van der Waals surface area contributed by atoms with E-state index >= 15 is 0 Å². The zero-order valence-electron chi connectivity index (χ0n) is 36.5. The molecule has 6 rings (SSSR count). The van der Waals surface area contributed by atoms with Gasteiger partial charge in [-0.2, -0.15) is 0 Å². The van der Waals surface area contributed by atoms with Gasteiger partial charge in [0.05, 0.1) is 9.75 Å². The molecule has 1 aliphatic carbocycles. The number of fused-ring (bicyclic) bond motifs is 3. The van der Waals surface area contributed by atoms with Gasteiger partial charge in [0.15, 0.2) is 0 Å². The predicted molar refractivity (Wildman–Crippen MR) is 253 cm³/mol. The first-order valence-corrected chi connectivity index (χ1v) is 26.1. The maximum Gasteiger partial charge on any atom is 0.213 e. The lowest BCUT2D eigenvalue weighted by Gasteiger charge is -2.37. The van der Waals surface area contributed by atoms with Gasteiger partial charge in [0.2, 0.25) is 11.6 Å². The quantitative estimate of drug-likeness (QED) is 0.0549. The average Bonchev–Trinajstić information content (AvgIpc) is 4.05. The molecular formula is C49H70N4S4. The lowest BCUT2D eigenvalue weighted by molar-refractivity contribution is 0.266. The monoisotopic (exact) mass is 842 g/mol. The molecule has 310 valence electrons. The first-order chi connectivity index (χ1) is 27.8. The second-order valence-electron chi connectivity index (χ2n) is 17.1. The lowest BCUT2D eigenvalue weighted by Crippen LogP contribution is -2.31. The Balaban J connectivity index is 1.39. The fraction of sp³-hybridized carbons (Fsp3) is 0.633. The van der Waals surface area contributed by atoms with Gasteiger partial charge in [0.1, 0.15) is 0 Å². The molecule has 0 fully saturated rings. The Labute approximate surface area is 361 Å². The van der Waals surface area contributed by atoms with E-state index in [1.165, 1.54) is 146 Å². The maximum atomic E-state index is 4.83. The average molecular weight is 843 g/mol. The standard InChI is InChI=1S/C49H70N4S4/c1-9-15-19-21-25-37-27-33(7)54-43(37)47-50-52-48(53-51-47)44-38(26-22-20-16-10-2)29-41(56-44)42-30-40-46(57-42)45-39(28-34(8)55-45)49(40,31-35(13-5)23-17-11-3)32-36(14-6)24-18-12-4/h27-30,35-36H,9-26,31-32H2,1-8H3. The second-order valence-corrected chi connectivity index (χ2v) is 21.7. The van der Waals surface area contributed by atoms with E-state index in [-0.39, 0.29) is 5.41 Å². The van der Waals surface area contributed by atoms with E-state index in [0.717, 1.165) is 34.4 Å². The maximum absolute atomic E-state index is 4.83. The summed E-state index contributed by atoms with van der Waals surface area (Å²) in [6, 6.07) is 10.0. The Morgan fingerprint density at radius 2 is 0.912 bits per heavy atom. The molecule has 0 saturated heterocycles. The Hall–Kier alpha value is -2.26. The van der Waals surface area contributed by atoms with Crippen molar-refractivity contribution in [2.24, 2.45) is 11.8 Å². The normalized spacial score (nSPS) is 16.0. The summed E-state index contributed by atoms with van der Waals surface area (Å²) in [6.45, 7) is 18.7. The fourth-order valence-electron chi connectivity index (χ4n) is 9.38. The Morgan fingerprint density at radius 3 is 1.46 bits per heavy atom. The van der Waals surface area contributed by atoms with Gasteiger partial charge in [0.25, 0.3) is 0 Å². The Bertz CT molecular complexity index is 1960. The lowest BCUT2D eigenvalue weighted by atomic mass is 9.65. The highest BCUT2D eigenvalue weighted by atomic mass is 32.1. The van der Waals surface area contributed by atoms with Crippen LogP contribution in [-0.4, -0.2) is 20.4 Å². The van der Waals surface area contributed by atoms with Crippen LogP contribution in [0.4, 0.5) is 0 Å². The summed E-state index contributed by atoms with van der Waals surface area (Å²) in [5.41, 5.74) is 6.08. The van der Waals surface area contributed by atoms with Crippen molar-refractivity contribution >= 4 is 45.3 Å². The van der Waals surface area contributed by atoms with E-state index in [9.17, 15) is 0 Å². The van der Waals surface area contributed by atoms with Crippen LogP contribution >= 0.6 is 45.3 Å². The second kappa shape index (κ2) is 21.3. The highest BCUT2D eigenvalue weighted by Gasteiger charge is 2.47. The molecule has 0 N–H and O–H groups in total. The molecule has 0 amide bonds. The molecule has 0 aromatic carbocycles. The van der Waals surface area contributed by atoms with Crippen LogP contribution in [0.25, 0.3) is 40.9 Å². The minimum absolute atomic E-state index is 0.0951. The smallest absolute Gasteiger partial charge is 0.139 e. The van der Waals surface area contributed by atoms with Crippen molar-refractivity contribution in [3.63, 3.8) is 0 Å². The third kappa shape index (κ3) is 10.4. The van der Waals surface area contributed by atoms with Gasteiger partial charge >= 0.3 is 0 Å². The van der Waals surface area contributed by atoms with E-state index in [0.29, 0.717) is 11.6 Å². The number of unbranched alkanes of at least 4 members (excludes halogenated alkanes) is 8. The van der Waals surface area contributed by atoms with Crippen molar-refractivity contribution in [1.82, 2.24) is 20.4 Å². The molecule has 2 unspecified atom stereocenters. The molecular weight excluding hydrogens is 773 g/mol. The van der Waals surface area contributed by atoms with Crippen LogP contribution in [-0.2, 0) is 18.3 Å². The summed E-state index contributed by atoms with van der Waals surface area (Å²) in [4.78, 5) is 10.9. The summed E-state index contributed by atoms with van der Waals surface area (Å²) < 4.78 is 0. The summed E-state index contributed by atoms with van der Waals surface area (Å²) in [5.74, 6) is 2.84. The van der Waals surface area contributed by atoms with Crippen LogP contribution in [0.5, 0.6) is 0 Å². The van der Waals surface area contributed by atoms with Crippen LogP contribution in [0.2, 0.25) is 0 Å². The topological polar surface area (TPSA) is 51.6 Å². The predicted octanol–water partition coefficient (Wildman–Crippen LogP) is 16.9. The molecule has 1 aliphatic rings. The number of aryl methyl sites for hydroxylation is 4. The van der Waals surface area contributed by atoms with Crippen molar-refractivity contribution in [1.29, 1.82) is 0 Å². The first-order valence-electron chi connectivity index (χ1n) is 22.8. The van der Waals surface area contributed by atoms with E-state index in [1.54, 1.807) is 32.2 Å². The van der Waals surface area contributed by atoms with E-state index in [4.69, 9.17) is 20.4 Å². The number of thiophene rings is 4. The van der Waals surface area contributed by atoms with E-state index in [1.807, 2.05) is 22.7 Å². The summed E-state index contributed by atoms with van der Waals surface area (Å²) in [6.07, 6.45) is 25.0. The molecule has 4 nitrogen and oxygen atoms in total. The van der Waals surface area contributed by atoms with Gasteiger partial charge in [-0.3, -0.25) is 0 Å². The molecule has 5 aromatic rings. The Kier molecular flexibility index (Phi) is 16.6. The molecule has 5 aromatic heterocycles. The summed E-state index contributed by atoms with van der Waals surface area (Å²) in [5, 5.41) is 19.2. The molecule has 0 aliphatic heterocycles. The van der Waals surface area contributed by atoms with Gasteiger partial charge in [-0.05, 0) is 111 Å². The van der Waals surface area contributed by atoms with Crippen molar-refractivity contribution < 1.29 is 0 Å². The van der Waals surface area contributed by atoms with E-state index in [2.05, 4.69) is 91.0 Å². The van der Waals surface area contributed by atoms with Crippen LogP contribution in [0, 0.1) is 25.7 Å². The highest BCUT2D eigenvalue weighted by Crippen LogP contribution is 2.62. The van der Waals surface area contributed by atoms with Crippen LogP contribution in [0.1, 0.15) is 189 Å². The number of hydrogen-bond donors (Lipinski definition) is 0. The van der Waals surface area contributed by atoms with Gasteiger partial charge in [-0.25, -0.2) is 0 Å². The first kappa shape index (κ1) is 44.3. The fourth-order valence-corrected chi connectivity index (χ4v) is 14.1. The molecule has 8 heteroatoms. The molecule has 5 heterocycles. The third-order valence-electron chi connectivity index (χ3n) is 12.7. The van der Waals surface area contributed by atoms with Crippen molar-refractivity contribution in [3.05, 3.63) is 56.3 Å². The molecule has 2 atom stereocenters. The van der Waals surface area contributed by atoms with Gasteiger partial charge < -0.3 is 0 Å². The molecule has 0 bridgehead atoms. The molecule has 57 heavy (non-hydrogen) atoms. The van der Waals surface area contributed by atoms with Gasteiger partial charge in [-0.15, -0.1) is 65.7 Å². The molecule has 0 spiro atoms. The van der Waals surface area contributed by atoms with Gasteiger partial charge in [-0.1, -0.05) is 131 Å². The van der Waals surface area contributed by atoms with Crippen molar-refractivity contribution in [2.45, 2.75) is 189 Å².